The van der Waals surface area contributed by atoms with Crippen LogP contribution in [0, 0.1) is 0 Å². The first-order chi connectivity index (χ1) is 13.7. The average Bonchev–Trinajstić information content (AvgIpc) is 2.75. The SMILES string of the molecule is CC(O)C[n+]1c(-c2ccccc2)cc(-c2ccccc2)cc1-c1ccccc1. The lowest BCUT2D eigenvalue weighted by Crippen LogP contribution is -2.43. The molecule has 0 aliphatic rings. The molecule has 0 aliphatic carbocycles. The van der Waals surface area contributed by atoms with Crippen LogP contribution in [0.25, 0.3) is 33.6 Å². The molecule has 0 radical (unpaired) electrons. The van der Waals surface area contributed by atoms with Crippen LogP contribution in [0.5, 0.6) is 0 Å². The molecule has 4 rings (SSSR count). The Bertz CT molecular complexity index is 981. The summed E-state index contributed by atoms with van der Waals surface area (Å²) in [4.78, 5) is 0. The summed E-state index contributed by atoms with van der Waals surface area (Å²) < 4.78 is 2.22. The summed E-state index contributed by atoms with van der Waals surface area (Å²) in [5.41, 5.74) is 6.82. The van der Waals surface area contributed by atoms with Crippen molar-refractivity contribution in [1.29, 1.82) is 0 Å². The Morgan fingerprint density at radius 3 is 1.39 bits per heavy atom. The fraction of sp³-hybridized carbons (Fsp3) is 0.115. The first kappa shape index (κ1) is 18.1. The van der Waals surface area contributed by atoms with Gasteiger partial charge in [0.1, 0.15) is 6.10 Å². The summed E-state index contributed by atoms with van der Waals surface area (Å²) in [6.07, 6.45) is -0.447. The highest BCUT2D eigenvalue weighted by Crippen LogP contribution is 2.29. The molecule has 0 spiro atoms. The number of rotatable bonds is 5. The lowest BCUT2D eigenvalue weighted by Gasteiger charge is -2.14. The van der Waals surface area contributed by atoms with Gasteiger partial charge >= 0.3 is 0 Å². The molecule has 1 aromatic heterocycles. The fourth-order valence-corrected chi connectivity index (χ4v) is 3.58. The third-order valence-electron chi connectivity index (χ3n) is 4.86. The topological polar surface area (TPSA) is 24.1 Å². The third-order valence-corrected chi connectivity index (χ3v) is 4.86. The highest BCUT2D eigenvalue weighted by atomic mass is 16.3. The maximum absolute atomic E-state index is 10.2. The van der Waals surface area contributed by atoms with Crippen molar-refractivity contribution in [2.75, 3.05) is 0 Å². The Hall–Kier alpha value is -3.23. The van der Waals surface area contributed by atoms with Crippen LogP contribution in [0.3, 0.4) is 0 Å². The average molecular weight is 366 g/mol. The summed E-state index contributed by atoms with van der Waals surface area (Å²) in [6, 6.07) is 35.7. The van der Waals surface area contributed by atoms with Crippen molar-refractivity contribution in [2.24, 2.45) is 0 Å². The van der Waals surface area contributed by atoms with E-state index in [1.807, 2.05) is 25.1 Å². The first-order valence-corrected chi connectivity index (χ1v) is 9.64. The number of benzene rings is 3. The van der Waals surface area contributed by atoms with Crippen molar-refractivity contribution in [1.82, 2.24) is 0 Å². The highest BCUT2D eigenvalue weighted by molar-refractivity contribution is 5.73. The van der Waals surface area contributed by atoms with Crippen LogP contribution < -0.4 is 4.57 Å². The Morgan fingerprint density at radius 2 is 1.00 bits per heavy atom. The number of hydrogen-bond donors (Lipinski definition) is 1. The minimum Gasteiger partial charge on any atom is -0.387 e. The molecule has 1 heterocycles. The van der Waals surface area contributed by atoms with Crippen LogP contribution in [-0.2, 0) is 6.54 Å². The third kappa shape index (κ3) is 3.88. The molecule has 0 amide bonds. The van der Waals surface area contributed by atoms with E-state index >= 15 is 0 Å². The van der Waals surface area contributed by atoms with Gasteiger partial charge in [0.05, 0.1) is 0 Å². The van der Waals surface area contributed by atoms with E-state index in [4.69, 9.17) is 0 Å². The van der Waals surface area contributed by atoms with Crippen molar-refractivity contribution >= 4 is 0 Å². The molecule has 0 fully saturated rings. The number of pyridine rings is 1. The van der Waals surface area contributed by atoms with Crippen molar-refractivity contribution in [2.45, 2.75) is 19.6 Å². The van der Waals surface area contributed by atoms with E-state index in [9.17, 15) is 5.11 Å². The van der Waals surface area contributed by atoms with E-state index in [1.165, 1.54) is 11.1 Å². The highest BCUT2D eigenvalue weighted by Gasteiger charge is 2.23. The molecule has 2 heteroatoms. The second-order valence-electron chi connectivity index (χ2n) is 7.07. The minimum absolute atomic E-state index is 0.447. The Balaban J connectivity index is 2.02. The molecule has 0 aliphatic heterocycles. The van der Waals surface area contributed by atoms with E-state index < -0.39 is 6.10 Å². The van der Waals surface area contributed by atoms with Gasteiger partial charge in [-0.2, -0.15) is 4.57 Å². The lowest BCUT2D eigenvalue weighted by atomic mass is 9.99. The molecule has 0 saturated carbocycles. The predicted molar refractivity (Wildman–Crippen MR) is 115 cm³/mol. The van der Waals surface area contributed by atoms with E-state index in [0.29, 0.717) is 6.54 Å². The molecule has 0 bridgehead atoms. The first-order valence-electron chi connectivity index (χ1n) is 9.64. The van der Waals surface area contributed by atoms with Gasteiger partial charge in [-0.15, -0.1) is 0 Å². The molecule has 4 aromatic rings. The van der Waals surface area contributed by atoms with Crippen LogP contribution in [0.2, 0.25) is 0 Å². The second kappa shape index (κ2) is 8.20. The van der Waals surface area contributed by atoms with Gasteiger partial charge in [0.2, 0.25) is 11.4 Å². The fourth-order valence-electron chi connectivity index (χ4n) is 3.58. The number of aliphatic hydroxyl groups excluding tert-OH is 1. The zero-order valence-corrected chi connectivity index (χ0v) is 16.0. The molecule has 3 aromatic carbocycles. The van der Waals surface area contributed by atoms with Gasteiger partial charge in [0, 0.05) is 23.3 Å². The number of aromatic nitrogens is 1. The molecule has 1 N–H and O–H groups in total. The molecule has 2 nitrogen and oxygen atoms in total. The van der Waals surface area contributed by atoms with Crippen LogP contribution >= 0.6 is 0 Å². The number of nitrogens with zero attached hydrogens (tertiary/aromatic N) is 1. The minimum atomic E-state index is -0.447. The Kier molecular flexibility index (Phi) is 5.31. The van der Waals surface area contributed by atoms with Crippen molar-refractivity contribution in [3.8, 4) is 33.6 Å². The van der Waals surface area contributed by atoms with Gasteiger partial charge < -0.3 is 5.11 Å². The zero-order valence-electron chi connectivity index (χ0n) is 16.0. The summed E-state index contributed by atoms with van der Waals surface area (Å²) in [5.74, 6) is 0. The smallest absolute Gasteiger partial charge is 0.213 e. The zero-order chi connectivity index (χ0) is 19.3. The van der Waals surface area contributed by atoms with Crippen molar-refractivity contribution < 1.29 is 9.67 Å². The standard InChI is InChI=1S/C26H24NO/c1-20(28)19-27-25(22-13-7-3-8-14-22)17-24(21-11-5-2-6-12-21)18-26(27)23-15-9-4-10-16-23/h2-18,20,28H,19H2,1H3/q+1. The van der Waals surface area contributed by atoms with E-state index in [0.717, 1.165) is 22.5 Å². The number of hydrogen-bond acceptors (Lipinski definition) is 1. The molecule has 1 atom stereocenters. The van der Waals surface area contributed by atoms with Crippen LogP contribution in [0.15, 0.2) is 103 Å². The Morgan fingerprint density at radius 1 is 0.607 bits per heavy atom. The molecule has 138 valence electrons. The monoisotopic (exact) mass is 366 g/mol. The van der Waals surface area contributed by atoms with Crippen LogP contribution in [-0.4, -0.2) is 11.2 Å². The molecule has 28 heavy (non-hydrogen) atoms. The van der Waals surface area contributed by atoms with Gasteiger partial charge in [0.25, 0.3) is 0 Å². The van der Waals surface area contributed by atoms with Gasteiger partial charge in [-0.3, -0.25) is 0 Å². The number of aliphatic hydroxyl groups is 1. The summed E-state index contributed by atoms with van der Waals surface area (Å²) in [5, 5.41) is 10.2. The van der Waals surface area contributed by atoms with Gasteiger partial charge in [0.15, 0.2) is 6.54 Å². The van der Waals surface area contributed by atoms with Crippen LogP contribution in [0.1, 0.15) is 6.92 Å². The van der Waals surface area contributed by atoms with Crippen LogP contribution in [0.4, 0.5) is 0 Å². The molecular formula is C26H24NO+. The summed E-state index contributed by atoms with van der Waals surface area (Å²) >= 11 is 0. The van der Waals surface area contributed by atoms with Gasteiger partial charge in [-0.05, 0) is 42.3 Å². The maximum Gasteiger partial charge on any atom is 0.213 e. The predicted octanol–water partition coefficient (Wildman–Crippen LogP) is 5.36. The van der Waals surface area contributed by atoms with Gasteiger partial charge in [-0.1, -0.05) is 66.7 Å². The van der Waals surface area contributed by atoms with Crippen molar-refractivity contribution in [3.63, 3.8) is 0 Å². The normalized spacial score (nSPS) is 11.9. The van der Waals surface area contributed by atoms with E-state index in [-0.39, 0.29) is 0 Å². The van der Waals surface area contributed by atoms with E-state index in [1.54, 1.807) is 0 Å². The largest absolute Gasteiger partial charge is 0.387 e. The summed E-state index contributed by atoms with van der Waals surface area (Å²) in [6.45, 7) is 2.37. The Labute approximate surface area is 166 Å². The maximum atomic E-state index is 10.2. The second-order valence-corrected chi connectivity index (χ2v) is 7.07. The quantitative estimate of drug-likeness (QED) is 0.473. The van der Waals surface area contributed by atoms with Gasteiger partial charge in [-0.25, -0.2) is 0 Å². The van der Waals surface area contributed by atoms with E-state index in [2.05, 4.69) is 89.5 Å². The molecule has 1 unspecified atom stereocenters. The summed E-state index contributed by atoms with van der Waals surface area (Å²) in [7, 11) is 0. The lowest BCUT2D eigenvalue weighted by molar-refractivity contribution is -0.682. The molecular weight excluding hydrogens is 342 g/mol. The molecule has 0 saturated heterocycles. The van der Waals surface area contributed by atoms with Crippen molar-refractivity contribution in [3.05, 3.63) is 103 Å².